The number of nitrogens with one attached hydrogen (secondary N) is 2. The standard InChI is InChI=1S/C15H21N3O2/c1-9(2)14(8-20-3)18-15(19)12-7-17-13-5-4-10(16)6-11(12)13/h4-7,9,14,17H,8,16H2,1-3H3,(H,18,19). The average Bonchev–Trinajstić information content (AvgIpc) is 2.80. The van der Waals surface area contributed by atoms with Crippen LogP contribution in [0.25, 0.3) is 10.9 Å². The monoisotopic (exact) mass is 275 g/mol. The van der Waals surface area contributed by atoms with Crippen molar-refractivity contribution in [3.8, 4) is 0 Å². The van der Waals surface area contributed by atoms with Gasteiger partial charge in [0.25, 0.3) is 5.91 Å². The van der Waals surface area contributed by atoms with Gasteiger partial charge in [-0.05, 0) is 24.1 Å². The van der Waals surface area contributed by atoms with E-state index in [0.717, 1.165) is 10.9 Å². The zero-order valence-electron chi connectivity index (χ0n) is 12.1. The van der Waals surface area contributed by atoms with Crippen molar-refractivity contribution in [3.05, 3.63) is 30.0 Å². The van der Waals surface area contributed by atoms with Crippen molar-refractivity contribution in [2.45, 2.75) is 19.9 Å². The number of aromatic nitrogens is 1. The maximum Gasteiger partial charge on any atom is 0.253 e. The summed E-state index contributed by atoms with van der Waals surface area (Å²) >= 11 is 0. The van der Waals surface area contributed by atoms with Crippen molar-refractivity contribution in [3.63, 3.8) is 0 Å². The third-order valence-electron chi connectivity index (χ3n) is 3.42. The summed E-state index contributed by atoms with van der Waals surface area (Å²) in [5, 5.41) is 3.84. The molecule has 1 aromatic carbocycles. The molecule has 1 unspecified atom stereocenters. The summed E-state index contributed by atoms with van der Waals surface area (Å²) in [7, 11) is 1.63. The molecule has 0 spiro atoms. The quantitative estimate of drug-likeness (QED) is 0.731. The Kier molecular flexibility index (Phi) is 4.29. The first-order valence-electron chi connectivity index (χ1n) is 6.69. The highest BCUT2D eigenvalue weighted by Crippen LogP contribution is 2.21. The number of ether oxygens (including phenoxy) is 1. The molecule has 5 heteroatoms. The predicted molar refractivity (Wildman–Crippen MR) is 80.7 cm³/mol. The number of carbonyl (C=O) groups excluding carboxylic acids is 1. The summed E-state index contributed by atoms with van der Waals surface area (Å²) in [5.74, 6) is 0.187. The summed E-state index contributed by atoms with van der Waals surface area (Å²) in [4.78, 5) is 15.5. The minimum absolute atomic E-state index is 0.0153. The number of hydrogen-bond donors (Lipinski definition) is 3. The Balaban J connectivity index is 2.24. The van der Waals surface area contributed by atoms with Gasteiger partial charge in [-0.3, -0.25) is 4.79 Å². The maximum atomic E-state index is 12.4. The molecule has 2 aromatic rings. The molecule has 0 saturated carbocycles. The van der Waals surface area contributed by atoms with Crippen LogP contribution >= 0.6 is 0 Å². The third-order valence-corrected chi connectivity index (χ3v) is 3.42. The minimum atomic E-state index is -0.113. The van der Waals surface area contributed by atoms with Gasteiger partial charge >= 0.3 is 0 Å². The molecule has 0 bridgehead atoms. The number of nitrogen functional groups attached to an aromatic ring is 1. The number of anilines is 1. The summed E-state index contributed by atoms with van der Waals surface area (Å²) in [6, 6.07) is 5.47. The topological polar surface area (TPSA) is 80.1 Å². The highest BCUT2D eigenvalue weighted by Gasteiger charge is 2.19. The first-order chi connectivity index (χ1) is 9.52. The predicted octanol–water partition coefficient (Wildman–Crippen LogP) is 2.15. The van der Waals surface area contributed by atoms with E-state index in [4.69, 9.17) is 10.5 Å². The van der Waals surface area contributed by atoms with Crippen LogP contribution in [0, 0.1) is 5.92 Å². The molecular formula is C15H21N3O2. The Bertz CT molecular complexity index is 604. The van der Waals surface area contributed by atoms with E-state index in [2.05, 4.69) is 24.1 Å². The second-order valence-corrected chi connectivity index (χ2v) is 5.29. The summed E-state index contributed by atoms with van der Waals surface area (Å²) in [6.45, 7) is 4.60. The van der Waals surface area contributed by atoms with Gasteiger partial charge < -0.3 is 20.8 Å². The molecule has 20 heavy (non-hydrogen) atoms. The van der Waals surface area contributed by atoms with Crippen molar-refractivity contribution in [1.29, 1.82) is 0 Å². The molecule has 1 amide bonds. The summed E-state index contributed by atoms with van der Waals surface area (Å²) in [5.41, 5.74) is 7.93. The SMILES string of the molecule is COCC(NC(=O)c1c[nH]c2ccc(N)cc12)C(C)C. The summed E-state index contributed by atoms with van der Waals surface area (Å²) < 4.78 is 5.15. The van der Waals surface area contributed by atoms with E-state index in [-0.39, 0.29) is 11.9 Å². The highest BCUT2D eigenvalue weighted by atomic mass is 16.5. The molecule has 2 rings (SSSR count). The number of carbonyl (C=O) groups is 1. The lowest BCUT2D eigenvalue weighted by molar-refractivity contribution is 0.0868. The van der Waals surface area contributed by atoms with Gasteiger partial charge in [0.2, 0.25) is 0 Å². The maximum absolute atomic E-state index is 12.4. The number of hydrogen-bond acceptors (Lipinski definition) is 3. The van der Waals surface area contributed by atoms with Gasteiger partial charge in [-0.15, -0.1) is 0 Å². The molecule has 1 atom stereocenters. The van der Waals surface area contributed by atoms with Gasteiger partial charge in [0.1, 0.15) is 0 Å². The fourth-order valence-electron chi connectivity index (χ4n) is 2.15. The minimum Gasteiger partial charge on any atom is -0.399 e. The lowest BCUT2D eigenvalue weighted by Crippen LogP contribution is -2.41. The van der Waals surface area contributed by atoms with Gasteiger partial charge in [-0.1, -0.05) is 13.8 Å². The number of fused-ring (bicyclic) bond motifs is 1. The van der Waals surface area contributed by atoms with Crippen LogP contribution in [0.4, 0.5) is 5.69 Å². The Morgan fingerprint density at radius 3 is 2.85 bits per heavy atom. The Morgan fingerprint density at radius 1 is 1.45 bits per heavy atom. The second kappa shape index (κ2) is 5.96. The Labute approximate surface area is 118 Å². The lowest BCUT2D eigenvalue weighted by Gasteiger charge is -2.21. The zero-order chi connectivity index (χ0) is 14.7. The van der Waals surface area contributed by atoms with E-state index < -0.39 is 0 Å². The second-order valence-electron chi connectivity index (χ2n) is 5.29. The van der Waals surface area contributed by atoms with Crippen LogP contribution in [-0.4, -0.2) is 30.6 Å². The van der Waals surface area contributed by atoms with Gasteiger partial charge in [-0.25, -0.2) is 0 Å². The molecule has 0 aliphatic carbocycles. The number of benzene rings is 1. The lowest BCUT2D eigenvalue weighted by atomic mass is 10.0. The number of methoxy groups -OCH3 is 1. The van der Waals surface area contributed by atoms with Gasteiger partial charge in [0.15, 0.2) is 0 Å². The van der Waals surface area contributed by atoms with Crippen LogP contribution in [0.3, 0.4) is 0 Å². The molecule has 1 heterocycles. The number of H-pyrrole nitrogens is 1. The molecule has 0 aliphatic heterocycles. The van der Waals surface area contributed by atoms with E-state index in [1.807, 2.05) is 12.1 Å². The third kappa shape index (κ3) is 2.93. The van der Waals surface area contributed by atoms with Crippen LogP contribution in [0.2, 0.25) is 0 Å². The van der Waals surface area contributed by atoms with E-state index in [0.29, 0.717) is 23.8 Å². The largest absolute Gasteiger partial charge is 0.399 e. The fraction of sp³-hybridized carbons (Fsp3) is 0.400. The molecule has 1 aromatic heterocycles. The van der Waals surface area contributed by atoms with E-state index >= 15 is 0 Å². The molecule has 0 saturated heterocycles. The van der Waals surface area contributed by atoms with E-state index in [9.17, 15) is 4.79 Å². The van der Waals surface area contributed by atoms with Crippen molar-refractivity contribution in [1.82, 2.24) is 10.3 Å². The van der Waals surface area contributed by atoms with E-state index in [1.165, 1.54) is 0 Å². The first kappa shape index (κ1) is 14.4. The molecule has 4 N–H and O–H groups in total. The fourth-order valence-corrected chi connectivity index (χ4v) is 2.15. The van der Waals surface area contributed by atoms with Gasteiger partial charge in [0, 0.05) is 29.9 Å². The molecule has 5 nitrogen and oxygen atoms in total. The average molecular weight is 275 g/mol. The number of amides is 1. The summed E-state index contributed by atoms with van der Waals surface area (Å²) in [6.07, 6.45) is 1.71. The molecular weight excluding hydrogens is 254 g/mol. The molecule has 0 radical (unpaired) electrons. The molecule has 0 aliphatic rings. The van der Waals surface area contributed by atoms with E-state index in [1.54, 1.807) is 19.4 Å². The van der Waals surface area contributed by atoms with Gasteiger partial charge in [-0.2, -0.15) is 0 Å². The Hall–Kier alpha value is -2.01. The highest BCUT2D eigenvalue weighted by molar-refractivity contribution is 6.07. The van der Waals surface area contributed by atoms with Crippen LogP contribution in [0.5, 0.6) is 0 Å². The van der Waals surface area contributed by atoms with Crippen LogP contribution in [0.15, 0.2) is 24.4 Å². The molecule has 108 valence electrons. The van der Waals surface area contributed by atoms with Crippen molar-refractivity contribution in [2.75, 3.05) is 19.5 Å². The number of aromatic amines is 1. The van der Waals surface area contributed by atoms with Crippen molar-refractivity contribution >= 4 is 22.5 Å². The van der Waals surface area contributed by atoms with Crippen molar-refractivity contribution < 1.29 is 9.53 Å². The smallest absolute Gasteiger partial charge is 0.253 e. The van der Waals surface area contributed by atoms with Gasteiger partial charge in [0.05, 0.1) is 18.2 Å². The normalized spacial score (nSPS) is 12.8. The van der Waals surface area contributed by atoms with Crippen LogP contribution < -0.4 is 11.1 Å². The zero-order valence-corrected chi connectivity index (χ0v) is 12.1. The first-order valence-corrected chi connectivity index (χ1v) is 6.69. The van der Waals surface area contributed by atoms with Crippen molar-refractivity contribution in [2.24, 2.45) is 5.92 Å². The number of nitrogens with two attached hydrogens (primary N) is 1. The Morgan fingerprint density at radius 2 is 2.20 bits per heavy atom. The van der Waals surface area contributed by atoms with Crippen LogP contribution in [-0.2, 0) is 4.74 Å². The van der Waals surface area contributed by atoms with Crippen LogP contribution in [0.1, 0.15) is 24.2 Å². The number of rotatable bonds is 5. The molecule has 0 fully saturated rings.